The zero-order valence-corrected chi connectivity index (χ0v) is 20.0. The number of aliphatic hydroxyl groups is 1. The number of amides is 2. The van der Waals surface area contributed by atoms with Crippen molar-refractivity contribution in [3.63, 3.8) is 0 Å². The van der Waals surface area contributed by atoms with Gasteiger partial charge >= 0.3 is 0 Å². The molecule has 2 amide bonds. The van der Waals surface area contributed by atoms with E-state index >= 15 is 0 Å². The first-order valence-corrected chi connectivity index (χ1v) is 11.9. The number of hydrogen-bond donors (Lipinski definition) is 2. The van der Waals surface area contributed by atoms with Crippen LogP contribution in [-0.4, -0.2) is 81.4 Å². The van der Waals surface area contributed by atoms with E-state index in [1.807, 2.05) is 30.3 Å². The molecule has 1 fully saturated rings. The molecule has 2 aromatic carbocycles. The van der Waals surface area contributed by atoms with Crippen LogP contribution in [-0.2, 0) is 11.2 Å². The Morgan fingerprint density at radius 2 is 1.85 bits per heavy atom. The first kappa shape index (κ1) is 24.0. The Labute approximate surface area is 201 Å². The number of hydrogen-bond acceptors (Lipinski definition) is 6. The maximum absolute atomic E-state index is 12.6. The number of nitrogens with one attached hydrogen (secondary N) is 1. The summed E-state index contributed by atoms with van der Waals surface area (Å²) in [6, 6.07) is 13.5. The minimum atomic E-state index is -0.499. The predicted octanol–water partition coefficient (Wildman–Crippen LogP) is 1.91. The van der Waals surface area contributed by atoms with E-state index in [2.05, 4.69) is 21.2 Å². The molecule has 2 N–H and O–H groups in total. The average Bonchev–Trinajstić information content (AvgIpc) is 2.86. The maximum Gasteiger partial charge on any atom is 0.251 e. The van der Waals surface area contributed by atoms with Crippen LogP contribution in [0.25, 0.3) is 0 Å². The predicted molar refractivity (Wildman–Crippen MR) is 133 cm³/mol. The quantitative estimate of drug-likeness (QED) is 0.618. The van der Waals surface area contributed by atoms with Crippen LogP contribution < -0.4 is 19.9 Å². The zero-order valence-electron chi connectivity index (χ0n) is 20.0. The summed E-state index contributed by atoms with van der Waals surface area (Å²) in [5.74, 6) is 0.825. The number of ether oxygens (including phenoxy) is 1. The van der Waals surface area contributed by atoms with E-state index in [1.165, 1.54) is 0 Å². The maximum atomic E-state index is 12.6. The minimum absolute atomic E-state index is 0.0971. The van der Waals surface area contributed by atoms with Gasteiger partial charge < -0.3 is 25.0 Å². The lowest BCUT2D eigenvalue weighted by Crippen LogP contribution is -2.49. The van der Waals surface area contributed by atoms with Gasteiger partial charge in [-0.25, -0.2) is 0 Å². The smallest absolute Gasteiger partial charge is 0.251 e. The highest BCUT2D eigenvalue weighted by Crippen LogP contribution is 2.29. The van der Waals surface area contributed by atoms with Gasteiger partial charge in [-0.15, -0.1) is 0 Å². The van der Waals surface area contributed by atoms with Crippen LogP contribution in [0.5, 0.6) is 5.75 Å². The summed E-state index contributed by atoms with van der Waals surface area (Å²) in [5.41, 5.74) is 3.58. The Kier molecular flexibility index (Phi) is 7.70. The van der Waals surface area contributed by atoms with Gasteiger partial charge in [-0.05, 0) is 48.7 Å². The minimum Gasteiger partial charge on any atom is -0.495 e. The van der Waals surface area contributed by atoms with Crippen molar-refractivity contribution in [2.45, 2.75) is 25.4 Å². The number of rotatable bonds is 8. The summed E-state index contributed by atoms with van der Waals surface area (Å²) in [6.07, 6.45) is 1.12. The standard InChI is InChI=1S/C26H34N4O4/c1-28-22-9-7-20(17-19(22)8-10-25(28)32)26(33)27-12-11-21(31)18-29-13-15-30(16-14-29)23-5-3-4-6-24(23)34-2/h3-7,9,17,21,31H,8,10-16,18H2,1-2H3,(H,27,33). The van der Waals surface area contributed by atoms with Gasteiger partial charge in [0.1, 0.15) is 5.75 Å². The van der Waals surface area contributed by atoms with Crippen LogP contribution in [0.15, 0.2) is 42.5 Å². The lowest BCUT2D eigenvalue weighted by molar-refractivity contribution is -0.118. The SMILES string of the molecule is COc1ccccc1N1CCN(CC(O)CCNC(=O)c2ccc3c(c2)CCC(=O)N3C)CC1. The number of fused-ring (bicyclic) bond motifs is 1. The summed E-state index contributed by atoms with van der Waals surface area (Å²) >= 11 is 0. The van der Waals surface area contributed by atoms with E-state index < -0.39 is 6.10 Å². The molecule has 4 rings (SSSR count). The number of carbonyl (C=O) groups excluding carboxylic acids is 2. The summed E-state index contributed by atoms with van der Waals surface area (Å²) in [7, 11) is 3.45. The lowest BCUT2D eigenvalue weighted by Gasteiger charge is -2.37. The number of anilines is 2. The van der Waals surface area contributed by atoms with E-state index in [0.717, 1.165) is 48.9 Å². The van der Waals surface area contributed by atoms with E-state index in [9.17, 15) is 14.7 Å². The molecular formula is C26H34N4O4. The highest BCUT2D eigenvalue weighted by Gasteiger charge is 2.23. The van der Waals surface area contributed by atoms with E-state index in [0.29, 0.717) is 37.9 Å². The molecule has 0 spiro atoms. The highest BCUT2D eigenvalue weighted by molar-refractivity contribution is 5.98. The van der Waals surface area contributed by atoms with Crippen LogP contribution in [0.3, 0.4) is 0 Å². The van der Waals surface area contributed by atoms with Gasteiger partial charge in [-0.2, -0.15) is 0 Å². The van der Waals surface area contributed by atoms with Crippen molar-refractivity contribution >= 4 is 23.2 Å². The number of piperazine rings is 1. The van der Waals surface area contributed by atoms with Gasteiger partial charge in [0.25, 0.3) is 5.91 Å². The normalized spacial score (nSPS) is 17.3. The Bertz CT molecular complexity index is 1020. The second-order valence-electron chi connectivity index (χ2n) is 8.95. The average molecular weight is 467 g/mol. The van der Waals surface area contributed by atoms with Crippen LogP contribution in [0.4, 0.5) is 11.4 Å². The molecule has 182 valence electrons. The van der Waals surface area contributed by atoms with Crippen molar-refractivity contribution in [2.75, 3.05) is 63.2 Å². The van der Waals surface area contributed by atoms with Gasteiger partial charge in [0, 0.05) is 64.0 Å². The van der Waals surface area contributed by atoms with Crippen LogP contribution >= 0.6 is 0 Å². The Balaban J connectivity index is 1.20. The Hall–Kier alpha value is -3.10. The molecule has 1 saturated heterocycles. The molecular weight excluding hydrogens is 432 g/mol. The van der Waals surface area contributed by atoms with Gasteiger partial charge in [-0.1, -0.05) is 12.1 Å². The Morgan fingerprint density at radius 3 is 2.62 bits per heavy atom. The highest BCUT2D eigenvalue weighted by atomic mass is 16.5. The third-order valence-corrected chi connectivity index (χ3v) is 6.72. The molecule has 2 heterocycles. The number of β-amino-alcohol motifs (C(OH)–C–C–N with tert-alkyl or cyclic N) is 1. The topological polar surface area (TPSA) is 85.3 Å². The fourth-order valence-electron chi connectivity index (χ4n) is 4.70. The second-order valence-corrected chi connectivity index (χ2v) is 8.95. The van der Waals surface area contributed by atoms with Gasteiger partial charge in [0.2, 0.25) is 5.91 Å². The molecule has 0 bridgehead atoms. The number of nitrogens with zero attached hydrogens (tertiary/aromatic N) is 3. The summed E-state index contributed by atoms with van der Waals surface area (Å²) < 4.78 is 5.48. The molecule has 0 saturated carbocycles. The molecule has 1 unspecified atom stereocenters. The number of methoxy groups -OCH3 is 1. The number of aryl methyl sites for hydroxylation is 1. The number of carbonyl (C=O) groups is 2. The molecule has 34 heavy (non-hydrogen) atoms. The van der Waals surface area contributed by atoms with Crippen molar-refractivity contribution < 1.29 is 19.4 Å². The molecule has 0 radical (unpaired) electrons. The van der Waals surface area contributed by atoms with Crippen LogP contribution in [0, 0.1) is 0 Å². The van der Waals surface area contributed by atoms with Crippen molar-refractivity contribution in [3.8, 4) is 5.75 Å². The van der Waals surface area contributed by atoms with Crippen LogP contribution in [0.1, 0.15) is 28.8 Å². The molecule has 2 aliphatic heterocycles. The second kappa shape index (κ2) is 10.9. The van der Waals surface area contributed by atoms with Crippen LogP contribution in [0.2, 0.25) is 0 Å². The number of para-hydroxylation sites is 2. The van der Waals surface area contributed by atoms with E-state index in [4.69, 9.17) is 4.74 Å². The molecule has 1 atom stereocenters. The van der Waals surface area contributed by atoms with Gasteiger partial charge in [0.05, 0.1) is 18.9 Å². The number of aliphatic hydroxyl groups excluding tert-OH is 1. The zero-order chi connectivity index (χ0) is 24.1. The third-order valence-electron chi connectivity index (χ3n) is 6.72. The molecule has 0 aromatic heterocycles. The monoisotopic (exact) mass is 466 g/mol. The van der Waals surface area contributed by atoms with Crippen molar-refractivity contribution in [1.29, 1.82) is 0 Å². The molecule has 2 aromatic rings. The van der Waals surface area contributed by atoms with Crippen molar-refractivity contribution in [3.05, 3.63) is 53.6 Å². The first-order valence-electron chi connectivity index (χ1n) is 11.9. The Morgan fingerprint density at radius 1 is 1.09 bits per heavy atom. The fraction of sp³-hybridized carbons (Fsp3) is 0.462. The molecule has 2 aliphatic rings. The molecule has 8 nitrogen and oxygen atoms in total. The van der Waals surface area contributed by atoms with E-state index in [1.54, 1.807) is 25.1 Å². The van der Waals surface area contributed by atoms with Crippen molar-refractivity contribution in [2.24, 2.45) is 0 Å². The molecule has 8 heteroatoms. The summed E-state index contributed by atoms with van der Waals surface area (Å²) in [5, 5.41) is 13.4. The summed E-state index contributed by atoms with van der Waals surface area (Å²) in [6.45, 7) is 4.50. The third kappa shape index (κ3) is 5.51. The fourth-order valence-corrected chi connectivity index (χ4v) is 4.70. The lowest BCUT2D eigenvalue weighted by atomic mass is 9.99. The summed E-state index contributed by atoms with van der Waals surface area (Å²) in [4.78, 5) is 30.6. The van der Waals surface area contributed by atoms with Gasteiger partial charge in [0.15, 0.2) is 0 Å². The number of benzene rings is 2. The largest absolute Gasteiger partial charge is 0.495 e. The van der Waals surface area contributed by atoms with E-state index in [-0.39, 0.29) is 11.8 Å². The van der Waals surface area contributed by atoms with Crippen molar-refractivity contribution in [1.82, 2.24) is 10.2 Å². The molecule has 0 aliphatic carbocycles. The van der Waals surface area contributed by atoms with Gasteiger partial charge in [-0.3, -0.25) is 14.5 Å². The first-order chi connectivity index (χ1) is 16.5.